The second kappa shape index (κ2) is 4.59. The van der Waals surface area contributed by atoms with Gasteiger partial charge in [-0.25, -0.2) is 0 Å². The topological polar surface area (TPSA) is 52.3 Å². The molecule has 0 N–H and O–H groups in total. The monoisotopic (exact) mass is 251 g/mol. The van der Waals surface area contributed by atoms with E-state index in [-0.39, 0.29) is 11.5 Å². The summed E-state index contributed by atoms with van der Waals surface area (Å²) in [7, 11) is 1.55. The summed E-state index contributed by atoms with van der Waals surface area (Å²) >= 11 is 5.91. The molecule has 4 nitrogen and oxygen atoms in total. The van der Waals surface area contributed by atoms with E-state index in [1.165, 1.54) is 6.92 Å². The van der Waals surface area contributed by atoms with E-state index in [0.29, 0.717) is 22.1 Å². The highest BCUT2D eigenvalue weighted by Crippen LogP contribution is 2.32. The first-order valence-corrected chi connectivity index (χ1v) is 5.31. The van der Waals surface area contributed by atoms with Crippen LogP contribution in [0.4, 0.5) is 0 Å². The molecule has 0 spiro atoms. The van der Waals surface area contributed by atoms with Crippen LogP contribution in [0.15, 0.2) is 28.8 Å². The molecule has 0 saturated heterocycles. The van der Waals surface area contributed by atoms with E-state index in [0.717, 1.165) is 0 Å². The Balaban J connectivity index is 2.51. The Hall–Kier alpha value is -1.81. The van der Waals surface area contributed by atoms with Crippen molar-refractivity contribution in [2.24, 2.45) is 0 Å². The Bertz CT molecular complexity index is 563. The number of ketones is 1. The second-order valence-corrected chi connectivity index (χ2v) is 3.91. The van der Waals surface area contributed by atoms with Crippen molar-refractivity contribution < 1.29 is 14.1 Å². The van der Waals surface area contributed by atoms with Crippen LogP contribution >= 0.6 is 11.6 Å². The molecule has 2 rings (SSSR count). The second-order valence-electron chi connectivity index (χ2n) is 3.48. The van der Waals surface area contributed by atoms with Crippen molar-refractivity contribution in [2.45, 2.75) is 6.92 Å². The molecule has 0 radical (unpaired) electrons. The summed E-state index contributed by atoms with van der Waals surface area (Å²) in [6, 6.07) is 6.71. The van der Waals surface area contributed by atoms with Crippen molar-refractivity contribution >= 4 is 17.4 Å². The lowest BCUT2D eigenvalue weighted by molar-refractivity contribution is 0.100. The number of benzene rings is 1. The number of rotatable bonds is 3. The molecule has 0 saturated carbocycles. The third kappa shape index (κ3) is 2.31. The average molecular weight is 252 g/mol. The summed E-state index contributed by atoms with van der Waals surface area (Å²) in [5, 5.41) is 4.23. The summed E-state index contributed by atoms with van der Waals surface area (Å²) in [6.07, 6.45) is 0. The Morgan fingerprint density at radius 1 is 1.41 bits per heavy atom. The molecule has 0 aliphatic rings. The van der Waals surface area contributed by atoms with E-state index in [1.807, 2.05) is 0 Å². The predicted octanol–water partition coefficient (Wildman–Crippen LogP) is 3.21. The number of carbonyl (C=O) groups is 1. The zero-order valence-electron chi connectivity index (χ0n) is 9.36. The fourth-order valence-electron chi connectivity index (χ4n) is 1.44. The van der Waals surface area contributed by atoms with Crippen LogP contribution in [0.3, 0.4) is 0 Å². The first kappa shape index (κ1) is 11.7. The maximum Gasteiger partial charge on any atom is 0.181 e. The molecule has 88 valence electrons. The number of hydrogen-bond acceptors (Lipinski definition) is 4. The third-order valence-corrected chi connectivity index (χ3v) is 2.53. The predicted molar refractivity (Wildman–Crippen MR) is 63.5 cm³/mol. The van der Waals surface area contributed by atoms with Gasteiger partial charge in [-0.05, 0) is 18.2 Å². The molecule has 1 aromatic heterocycles. The molecule has 2 aromatic rings. The minimum atomic E-state index is -0.152. The molecular formula is C12H10ClNO3. The number of carbonyl (C=O) groups excluding carboxylic acids is 1. The molecule has 0 unspecified atom stereocenters. The van der Waals surface area contributed by atoms with Crippen LogP contribution in [0.5, 0.6) is 5.75 Å². The Kier molecular flexibility index (Phi) is 3.15. The maximum atomic E-state index is 11.1. The molecular weight excluding hydrogens is 242 g/mol. The van der Waals surface area contributed by atoms with Gasteiger partial charge in [0.15, 0.2) is 11.5 Å². The quantitative estimate of drug-likeness (QED) is 0.786. The van der Waals surface area contributed by atoms with Crippen molar-refractivity contribution in [2.75, 3.05) is 7.11 Å². The van der Waals surface area contributed by atoms with E-state index >= 15 is 0 Å². The highest BCUT2D eigenvalue weighted by atomic mass is 35.5. The third-order valence-electron chi connectivity index (χ3n) is 2.30. The van der Waals surface area contributed by atoms with Crippen LogP contribution in [0.1, 0.15) is 17.4 Å². The van der Waals surface area contributed by atoms with E-state index in [1.54, 1.807) is 31.4 Å². The van der Waals surface area contributed by atoms with Gasteiger partial charge < -0.3 is 9.26 Å². The maximum absolute atomic E-state index is 11.1. The number of aromatic nitrogens is 1. The molecule has 0 aliphatic heterocycles. The van der Waals surface area contributed by atoms with Gasteiger partial charge in [0.2, 0.25) is 0 Å². The molecule has 1 heterocycles. The Labute approximate surface area is 103 Å². The fraction of sp³-hybridized carbons (Fsp3) is 0.167. The van der Waals surface area contributed by atoms with Crippen molar-refractivity contribution in [1.29, 1.82) is 0 Å². The molecule has 0 aliphatic carbocycles. The number of halogens is 1. The van der Waals surface area contributed by atoms with Crippen LogP contribution < -0.4 is 4.74 Å². The summed E-state index contributed by atoms with van der Waals surface area (Å²) in [6.45, 7) is 1.43. The summed E-state index contributed by atoms with van der Waals surface area (Å²) in [5.41, 5.74) is 0.946. The van der Waals surface area contributed by atoms with Gasteiger partial charge in [0.05, 0.1) is 12.7 Å². The molecule has 0 atom stereocenters. The Morgan fingerprint density at radius 2 is 2.18 bits per heavy atom. The van der Waals surface area contributed by atoms with Gasteiger partial charge in [-0.2, -0.15) is 0 Å². The molecule has 0 amide bonds. The van der Waals surface area contributed by atoms with Crippen LogP contribution in [0.2, 0.25) is 5.02 Å². The van der Waals surface area contributed by atoms with Crippen LogP contribution in [0, 0.1) is 0 Å². The van der Waals surface area contributed by atoms with Crippen LogP contribution in [-0.2, 0) is 0 Å². The zero-order chi connectivity index (χ0) is 12.4. The normalized spacial score (nSPS) is 10.3. The fourth-order valence-corrected chi connectivity index (χ4v) is 1.61. The van der Waals surface area contributed by atoms with Crippen molar-refractivity contribution in [3.8, 4) is 17.1 Å². The van der Waals surface area contributed by atoms with Gasteiger partial charge in [-0.3, -0.25) is 4.79 Å². The van der Waals surface area contributed by atoms with E-state index < -0.39 is 0 Å². The van der Waals surface area contributed by atoms with Crippen LogP contribution in [-0.4, -0.2) is 18.0 Å². The largest absolute Gasteiger partial charge is 0.496 e. The minimum Gasteiger partial charge on any atom is -0.496 e. The first-order chi connectivity index (χ1) is 8.11. The summed E-state index contributed by atoms with van der Waals surface area (Å²) < 4.78 is 10.3. The van der Waals surface area contributed by atoms with Gasteiger partial charge in [-0.15, -0.1) is 0 Å². The number of nitrogens with zero attached hydrogens (tertiary/aromatic N) is 1. The smallest absolute Gasteiger partial charge is 0.181 e. The number of hydrogen-bond donors (Lipinski definition) is 0. The number of methoxy groups -OCH3 is 1. The van der Waals surface area contributed by atoms with Crippen molar-refractivity contribution in [1.82, 2.24) is 5.16 Å². The van der Waals surface area contributed by atoms with Crippen molar-refractivity contribution in [3.05, 3.63) is 35.0 Å². The lowest BCUT2D eigenvalue weighted by atomic mass is 10.1. The van der Waals surface area contributed by atoms with Crippen molar-refractivity contribution in [3.63, 3.8) is 0 Å². The summed E-state index contributed by atoms with van der Waals surface area (Å²) in [5.74, 6) is 0.913. The van der Waals surface area contributed by atoms with Gasteiger partial charge in [-0.1, -0.05) is 16.8 Å². The Morgan fingerprint density at radius 3 is 2.76 bits per heavy atom. The molecule has 1 aromatic carbocycles. The first-order valence-electron chi connectivity index (χ1n) is 4.93. The lowest BCUT2D eigenvalue weighted by Crippen LogP contribution is -1.90. The molecule has 0 fully saturated rings. The van der Waals surface area contributed by atoms with E-state index in [9.17, 15) is 4.79 Å². The molecule has 5 heteroatoms. The van der Waals surface area contributed by atoms with Gasteiger partial charge in [0.25, 0.3) is 0 Å². The zero-order valence-corrected chi connectivity index (χ0v) is 10.1. The highest BCUT2D eigenvalue weighted by Gasteiger charge is 2.14. The SMILES string of the molecule is COc1ccc(Cl)cc1-c1cc(C(C)=O)no1. The minimum absolute atomic E-state index is 0.152. The average Bonchev–Trinajstić information content (AvgIpc) is 2.78. The standard InChI is InChI=1S/C12H10ClNO3/c1-7(15)10-6-12(17-14-10)9-5-8(13)3-4-11(9)16-2/h3-6H,1-2H3. The van der Waals surface area contributed by atoms with Gasteiger partial charge in [0, 0.05) is 18.0 Å². The van der Waals surface area contributed by atoms with E-state index in [2.05, 4.69) is 5.16 Å². The number of ether oxygens (including phenoxy) is 1. The van der Waals surface area contributed by atoms with Crippen LogP contribution in [0.25, 0.3) is 11.3 Å². The highest BCUT2D eigenvalue weighted by molar-refractivity contribution is 6.30. The van der Waals surface area contributed by atoms with E-state index in [4.69, 9.17) is 20.9 Å². The lowest BCUT2D eigenvalue weighted by Gasteiger charge is -2.05. The summed E-state index contributed by atoms with van der Waals surface area (Å²) in [4.78, 5) is 11.1. The molecule has 0 bridgehead atoms. The molecule has 17 heavy (non-hydrogen) atoms. The number of Topliss-reactive ketones (excluding diaryl/α,β-unsaturated/α-hetero) is 1. The van der Waals surface area contributed by atoms with Gasteiger partial charge >= 0.3 is 0 Å². The van der Waals surface area contributed by atoms with Gasteiger partial charge in [0.1, 0.15) is 11.4 Å².